The Morgan fingerprint density at radius 1 is 0.960 bits per heavy atom. The molecule has 0 atom stereocenters. The molecule has 0 bridgehead atoms. The van der Waals surface area contributed by atoms with Crippen LogP contribution in [0.3, 0.4) is 0 Å². The van der Waals surface area contributed by atoms with Crippen LogP contribution in [0.1, 0.15) is 16.7 Å². The van der Waals surface area contributed by atoms with Gasteiger partial charge in [0.25, 0.3) is 0 Å². The van der Waals surface area contributed by atoms with Crippen LogP contribution in [0, 0.1) is 6.92 Å². The largest absolute Gasteiger partial charge is 0.488 e. The molecule has 0 radical (unpaired) electrons. The minimum absolute atomic E-state index is 0.486. The van der Waals surface area contributed by atoms with Gasteiger partial charge in [0.15, 0.2) is 0 Å². The maximum absolute atomic E-state index is 6.00. The van der Waals surface area contributed by atoms with E-state index in [0.717, 1.165) is 33.0 Å². The zero-order valence-corrected chi connectivity index (χ0v) is 16.3. The number of hydrogen-bond donors (Lipinski definition) is 1. The van der Waals surface area contributed by atoms with Crippen molar-refractivity contribution in [3.8, 4) is 5.75 Å². The average Bonchev–Trinajstić information content (AvgIpc) is 2.59. The topological polar surface area (TPSA) is 21.3 Å². The molecule has 128 valence electrons. The van der Waals surface area contributed by atoms with Crippen LogP contribution < -0.4 is 10.1 Å². The zero-order valence-electron chi connectivity index (χ0n) is 13.9. The smallest absolute Gasteiger partial charge is 0.134 e. The van der Waals surface area contributed by atoms with Gasteiger partial charge in [-0.3, -0.25) is 0 Å². The lowest BCUT2D eigenvalue weighted by atomic mass is 10.2. The predicted molar refractivity (Wildman–Crippen MR) is 108 cm³/mol. The lowest BCUT2D eigenvalue weighted by Gasteiger charge is -2.11. The van der Waals surface area contributed by atoms with Crippen LogP contribution in [0.15, 0.2) is 71.2 Å². The summed E-state index contributed by atoms with van der Waals surface area (Å²) in [6.45, 7) is 3.34. The fraction of sp³-hybridized carbons (Fsp3) is 0.143. The van der Waals surface area contributed by atoms with Gasteiger partial charge in [0.05, 0.1) is 4.47 Å². The maximum atomic E-state index is 6.00. The van der Waals surface area contributed by atoms with Crippen LogP contribution in [0.25, 0.3) is 0 Å². The van der Waals surface area contributed by atoms with Crippen molar-refractivity contribution in [1.82, 2.24) is 0 Å². The molecule has 0 aromatic heterocycles. The highest BCUT2D eigenvalue weighted by atomic mass is 79.9. The first kappa shape index (κ1) is 17.8. The highest BCUT2D eigenvalue weighted by Crippen LogP contribution is 2.27. The number of benzene rings is 3. The van der Waals surface area contributed by atoms with E-state index in [1.165, 1.54) is 11.1 Å². The number of hydrogen-bond acceptors (Lipinski definition) is 2. The Morgan fingerprint density at radius 3 is 2.56 bits per heavy atom. The molecule has 3 aromatic rings. The molecule has 0 spiro atoms. The van der Waals surface area contributed by atoms with E-state index in [1.807, 2.05) is 30.3 Å². The summed E-state index contributed by atoms with van der Waals surface area (Å²) >= 11 is 9.60. The summed E-state index contributed by atoms with van der Waals surface area (Å²) in [5.74, 6) is 0.819. The van der Waals surface area contributed by atoms with Gasteiger partial charge in [-0.05, 0) is 75.9 Å². The highest BCUT2D eigenvalue weighted by molar-refractivity contribution is 9.10. The molecular formula is C21H19BrClNO. The first-order chi connectivity index (χ1) is 12.1. The molecule has 0 aliphatic carbocycles. The van der Waals surface area contributed by atoms with Crippen molar-refractivity contribution in [2.75, 3.05) is 5.32 Å². The van der Waals surface area contributed by atoms with Crippen molar-refractivity contribution >= 4 is 33.2 Å². The van der Waals surface area contributed by atoms with Crippen molar-refractivity contribution in [2.24, 2.45) is 0 Å². The van der Waals surface area contributed by atoms with E-state index >= 15 is 0 Å². The van der Waals surface area contributed by atoms with Crippen LogP contribution in [-0.4, -0.2) is 0 Å². The molecule has 0 saturated carbocycles. The number of anilines is 1. The molecule has 3 aromatic carbocycles. The Bertz CT molecular complexity index is 866. The van der Waals surface area contributed by atoms with E-state index in [2.05, 4.69) is 64.6 Å². The van der Waals surface area contributed by atoms with E-state index in [4.69, 9.17) is 16.3 Å². The fourth-order valence-corrected chi connectivity index (χ4v) is 3.27. The summed E-state index contributed by atoms with van der Waals surface area (Å²) in [4.78, 5) is 0. The number of rotatable bonds is 6. The molecule has 0 amide bonds. The number of ether oxygens (including phenoxy) is 1. The first-order valence-corrected chi connectivity index (χ1v) is 9.23. The van der Waals surface area contributed by atoms with Gasteiger partial charge >= 0.3 is 0 Å². The molecule has 0 aliphatic rings. The Hall–Kier alpha value is -1.97. The number of aryl methyl sites for hydroxylation is 1. The van der Waals surface area contributed by atoms with E-state index in [-0.39, 0.29) is 0 Å². The minimum atomic E-state index is 0.486. The minimum Gasteiger partial charge on any atom is -0.488 e. The molecule has 3 rings (SSSR count). The van der Waals surface area contributed by atoms with Crippen LogP contribution in [0.5, 0.6) is 5.75 Å². The lowest BCUT2D eigenvalue weighted by molar-refractivity contribution is 0.304. The van der Waals surface area contributed by atoms with Crippen LogP contribution in [-0.2, 0) is 13.2 Å². The molecule has 0 fully saturated rings. The van der Waals surface area contributed by atoms with Gasteiger partial charge in [-0.25, -0.2) is 0 Å². The Balaban J connectivity index is 1.60. The van der Waals surface area contributed by atoms with Crippen molar-refractivity contribution in [2.45, 2.75) is 20.1 Å². The molecule has 0 saturated heterocycles. The third-order valence-corrected chi connectivity index (χ3v) is 4.65. The molecule has 4 heteroatoms. The van der Waals surface area contributed by atoms with Crippen molar-refractivity contribution in [3.05, 3.63) is 92.9 Å². The third-order valence-electron chi connectivity index (χ3n) is 3.79. The van der Waals surface area contributed by atoms with Crippen LogP contribution in [0.2, 0.25) is 5.02 Å². The second kappa shape index (κ2) is 8.41. The van der Waals surface area contributed by atoms with Crippen LogP contribution in [0.4, 0.5) is 5.69 Å². The average molecular weight is 417 g/mol. The number of halogens is 2. The summed E-state index contributed by atoms with van der Waals surface area (Å²) in [5, 5.41) is 4.16. The van der Waals surface area contributed by atoms with Crippen LogP contribution >= 0.6 is 27.5 Å². The van der Waals surface area contributed by atoms with Crippen molar-refractivity contribution in [1.29, 1.82) is 0 Å². The second-order valence-corrected chi connectivity index (χ2v) is 7.20. The second-order valence-electron chi connectivity index (χ2n) is 5.91. The van der Waals surface area contributed by atoms with Gasteiger partial charge in [-0.15, -0.1) is 0 Å². The zero-order chi connectivity index (χ0) is 17.6. The van der Waals surface area contributed by atoms with E-state index in [9.17, 15) is 0 Å². The SMILES string of the molecule is Cc1cccc(NCc2ccc(OCc3cccc(Cl)c3)c(Br)c2)c1. The first-order valence-electron chi connectivity index (χ1n) is 8.06. The maximum Gasteiger partial charge on any atom is 0.134 e. The Labute approximate surface area is 161 Å². The summed E-state index contributed by atoms with van der Waals surface area (Å²) in [6, 6.07) is 22.2. The molecule has 0 heterocycles. The van der Waals surface area contributed by atoms with Gasteiger partial charge in [0.2, 0.25) is 0 Å². The molecule has 25 heavy (non-hydrogen) atoms. The van der Waals surface area contributed by atoms with Gasteiger partial charge in [0.1, 0.15) is 12.4 Å². The molecule has 1 N–H and O–H groups in total. The van der Waals surface area contributed by atoms with Gasteiger partial charge in [-0.1, -0.05) is 41.9 Å². The summed E-state index contributed by atoms with van der Waals surface area (Å²) in [6.07, 6.45) is 0. The van der Waals surface area contributed by atoms with Gasteiger partial charge in [0, 0.05) is 17.3 Å². The van der Waals surface area contributed by atoms with Gasteiger partial charge < -0.3 is 10.1 Å². The Kier molecular flexibility index (Phi) is 6.00. The van der Waals surface area contributed by atoms with E-state index in [0.29, 0.717) is 6.61 Å². The Morgan fingerprint density at radius 2 is 1.80 bits per heavy atom. The third kappa shape index (κ3) is 5.25. The molecule has 2 nitrogen and oxygen atoms in total. The van der Waals surface area contributed by atoms with Crippen molar-refractivity contribution < 1.29 is 4.74 Å². The highest BCUT2D eigenvalue weighted by Gasteiger charge is 2.04. The number of nitrogens with one attached hydrogen (secondary N) is 1. The molecule has 0 unspecified atom stereocenters. The summed E-state index contributed by atoms with van der Waals surface area (Å²) in [7, 11) is 0. The predicted octanol–water partition coefficient (Wildman–Crippen LogP) is 6.60. The van der Waals surface area contributed by atoms with E-state index in [1.54, 1.807) is 0 Å². The fourth-order valence-electron chi connectivity index (χ4n) is 2.52. The monoisotopic (exact) mass is 415 g/mol. The van der Waals surface area contributed by atoms with E-state index < -0.39 is 0 Å². The van der Waals surface area contributed by atoms with Crippen molar-refractivity contribution in [3.63, 3.8) is 0 Å². The summed E-state index contributed by atoms with van der Waals surface area (Å²) < 4.78 is 6.83. The van der Waals surface area contributed by atoms with Gasteiger partial charge in [-0.2, -0.15) is 0 Å². The molecular weight excluding hydrogens is 398 g/mol. The normalized spacial score (nSPS) is 10.5. The molecule has 0 aliphatic heterocycles. The lowest BCUT2D eigenvalue weighted by Crippen LogP contribution is -2.01. The quantitative estimate of drug-likeness (QED) is 0.488. The summed E-state index contributed by atoms with van der Waals surface area (Å²) in [5.41, 5.74) is 4.60. The standard InChI is InChI=1S/C21H19BrClNO/c1-15-4-2-7-19(10-15)24-13-16-8-9-21(20(22)12-16)25-14-17-5-3-6-18(23)11-17/h2-12,24H,13-14H2,1H3.